The monoisotopic (exact) mass is 272 g/mol. The first kappa shape index (κ1) is 13.2. The van der Waals surface area contributed by atoms with Gasteiger partial charge in [-0.2, -0.15) is 0 Å². The van der Waals surface area contributed by atoms with Crippen LogP contribution in [0, 0.1) is 0 Å². The normalized spacial score (nSPS) is 22.9. The summed E-state index contributed by atoms with van der Waals surface area (Å²) in [6.45, 7) is 4.83. The number of carbonyl (C=O) groups excluding carboxylic acids is 1. The molecule has 1 aliphatic carbocycles. The summed E-state index contributed by atoms with van der Waals surface area (Å²) >= 11 is 0. The highest BCUT2D eigenvalue weighted by atomic mass is 16.6. The maximum absolute atomic E-state index is 12.3. The number of hydrogen-bond donors (Lipinski definition) is 1. The first-order valence-electron chi connectivity index (χ1n) is 7.06. The van der Waals surface area contributed by atoms with E-state index in [4.69, 9.17) is 10.5 Å². The van der Waals surface area contributed by atoms with E-state index in [1.165, 1.54) is 5.56 Å². The second kappa shape index (κ2) is 4.94. The van der Waals surface area contributed by atoms with Gasteiger partial charge < -0.3 is 10.5 Å². The van der Waals surface area contributed by atoms with Gasteiger partial charge in [0.15, 0.2) is 0 Å². The number of hydrogen-bond acceptors (Lipinski definition) is 3. The van der Waals surface area contributed by atoms with Crippen molar-refractivity contribution in [2.45, 2.75) is 30.8 Å². The lowest BCUT2D eigenvalue weighted by molar-refractivity contribution is 0.0834. The van der Waals surface area contributed by atoms with E-state index in [0.717, 1.165) is 24.8 Å². The van der Waals surface area contributed by atoms with Crippen molar-refractivity contribution in [3.8, 4) is 0 Å². The Morgan fingerprint density at radius 1 is 1.50 bits per heavy atom. The fourth-order valence-electron chi connectivity index (χ4n) is 2.65. The summed E-state index contributed by atoms with van der Waals surface area (Å²) in [5.74, 6) is 0. The summed E-state index contributed by atoms with van der Waals surface area (Å²) in [5.41, 5.74) is 8.10. The largest absolute Gasteiger partial charge is 0.447 e. The van der Waals surface area contributed by atoms with E-state index in [1.807, 2.05) is 18.2 Å². The van der Waals surface area contributed by atoms with Gasteiger partial charge in [0.25, 0.3) is 0 Å². The van der Waals surface area contributed by atoms with Crippen LogP contribution in [0.25, 0.3) is 0 Å². The van der Waals surface area contributed by atoms with E-state index in [9.17, 15) is 4.79 Å². The number of benzene rings is 1. The van der Waals surface area contributed by atoms with Crippen LogP contribution in [0.1, 0.15) is 30.0 Å². The third kappa shape index (κ3) is 2.43. The standard InChI is InChI=1S/C16H20N2O2/c1-2-14-13-6-4-3-5-12(13)7-10-18(14)15(19)20-11-16(17)8-9-16/h2-6,14H,1,7-11,17H2/t14-/m0/s1. The molecule has 106 valence electrons. The molecule has 2 aliphatic rings. The van der Waals surface area contributed by atoms with Crippen molar-refractivity contribution >= 4 is 6.09 Å². The summed E-state index contributed by atoms with van der Waals surface area (Å²) in [6.07, 6.45) is 4.24. The molecule has 0 radical (unpaired) electrons. The van der Waals surface area contributed by atoms with Crippen LogP contribution in [0.5, 0.6) is 0 Å². The van der Waals surface area contributed by atoms with E-state index < -0.39 is 0 Å². The lowest BCUT2D eigenvalue weighted by Gasteiger charge is -2.35. The van der Waals surface area contributed by atoms with Gasteiger partial charge in [0, 0.05) is 6.54 Å². The van der Waals surface area contributed by atoms with Gasteiger partial charge in [-0.15, -0.1) is 6.58 Å². The van der Waals surface area contributed by atoms with Crippen molar-refractivity contribution in [3.05, 3.63) is 48.0 Å². The Labute approximate surface area is 119 Å². The third-order valence-corrected chi connectivity index (χ3v) is 4.16. The number of ether oxygens (including phenoxy) is 1. The van der Waals surface area contributed by atoms with Crippen LogP contribution in [0.4, 0.5) is 4.79 Å². The SMILES string of the molecule is C=C[C@H]1c2ccccc2CCN1C(=O)OCC1(N)CC1. The van der Waals surface area contributed by atoms with Gasteiger partial charge in [-0.25, -0.2) is 4.79 Å². The van der Waals surface area contributed by atoms with Gasteiger partial charge in [-0.05, 0) is 30.4 Å². The lowest BCUT2D eigenvalue weighted by atomic mass is 9.93. The first-order valence-corrected chi connectivity index (χ1v) is 7.06. The van der Waals surface area contributed by atoms with E-state index in [1.54, 1.807) is 11.0 Å². The van der Waals surface area contributed by atoms with Gasteiger partial charge in [-0.1, -0.05) is 30.3 Å². The van der Waals surface area contributed by atoms with Gasteiger partial charge in [0.1, 0.15) is 6.61 Å². The zero-order valence-electron chi connectivity index (χ0n) is 11.5. The lowest BCUT2D eigenvalue weighted by Crippen LogP contribution is -2.41. The molecule has 3 rings (SSSR count). The molecule has 1 aliphatic heterocycles. The van der Waals surface area contributed by atoms with E-state index in [0.29, 0.717) is 13.2 Å². The Bertz CT molecular complexity index is 537. The molecule has 0 saturated heterocycles. The Kier molecular flexibility index (Phi) is 3.26. The van der Waals surface area contributed by atoms with Crippen LogP contribution >= 0.6 is 0 Å². The zero-order chi connectivity index (χ0) is 14.2. The summed E-state index contributed by atoms with van der Waals surface area (Å²) in [5, 5.41) is 0. The van der Waals surface area contributed by atoms with Crippen molar-refractivity contribution in [1.29, 1.82) is 0 Å². The van der Waals surface area contributed by atoms with Crippen LogP contribution in [-0.2, 0) is 11.2 Å². The highest BCUT2D eigenvalue weighted by Gasteiger charge is 2.40. The topological polar surface area (TPSA) is 55.6 Å². The maximum atomic E-state index is 12.3. The van der Waals surface area contributed by atoms with Gasteiger partial charge >= 0.3 is 6.09 Å². The molecular formula is C16H20N2O2. The Morgan fingerprint density at radius 3 is 2.95 bits per heavy atom. The smallest absolute Gasteiger partial charge is 0.410 e. The molecule has 4 nitrogen and oxygen atoms in total. The molecule has 4 heteroatoms. The predicted octanol–water partition coefficient (Wildman–Crippen LogP) is 2.40. The Balaban J connectivity index is 1.73. The van der Waals surface area contributed by atoms with Crippen molar-refractivity contribution < 1.29 is 9.53 Å². The van der Waals surface area contributed by atoms with Crippen LogP contribution in [0.3, 0.4) is 0 Å². The minimum atomic E-state index is -0.291. The average Bonchev–Trinajstić information content (AvgIpc) is 3.21. The molecule has 1 saturated carbocycles. The summed E-state index contributed by atoms with van der Waals surface area (Å²) in [4.78, 5) is 14.0. The van der Waals surface area contributed by atoms with Crippen LogP contribution in [-0.4, -0.2) is 29.7 Å². The molecule has 1 fully saturated rings. The Morgan fingerprint density at radius 2 is 2.25 bits per heavy atom. The number of carbonyl (C=O) groups is 1. The van der Waals surface area contributed by atoms with Crippen molar-refractivity contribution in [2.75, 3.05) is 13.2 Å². The zero-order valence-corrected chi connectivity index (χ0v) is 11.5. The quantitative estimate of drug-likeness (QED) is 0.860. The Hall–Kier alpha value is -1.81. The van der Waals surface area contributed by atoms with Crippen LogP contribution < -0.4 is 5.73 Å². The molecule has 20 heavy (non-hydrogen) atoms. The highest BCUT2D eigenvalue weighted by molar-refractivity contribution is 5.69. The molecule has 0 aromatic heterocycles. The molecule has 2 N–H and O–H groups in total. The predicted molar refractivity (Wildman–Crippen MR) is 77.3 cm³/mol. The first-order chi connectivity index (χ1) is 9.63. The minimum Gasteiger partial charge on any atom is -0.447 e. The summed E-state index contributed by atoms with van der Waals surface area (Å²) in [7, 11) is 0. The summed E-state index contributed by atoms with van der Waals surface area (Å²) < 4.78 is 5.37. The molecule has 0 bridgehead atoms. The number of nitrogens with zero attached hydrogens (tertiary/aromatic N) is 1. The van der Waals surface area contributed by atoms with Crippen LogP contribution in [0.2, 0.25) is 0 Å². The molecule has 0 unspecified atom stereocenters. The number of fused-ring (bicyclic) bond motifs is 1. The molecule has 1 aromatic carbocycles. The average molecular weight is 272 g/mol. The van der Waals surface area contributed by atoms with Gasteiger partial charge in [0.2, 0.25) is 0 Å². The second-order valence-corrected chi connectivity index (χ2v) is 5.74. The van der Waals surface area contributed by atoms with E-state index >= 15 is 0 Å². The molecule has 0 spiro atoms. The number of rotatable bonds is 3. The summed E-state index contributed by atoms with van der Waals surface area (Å²) in [6, 6.07) is 8.06. The van der Waals surface area contributed by atoms with Crippen molar-refractivity contribution in [3.63, 3.8) is 0 Å². The fourth-order valence-corrected chi connectivity index (χ4v) is 2.65. The maximum Gasteiger partial charge on any atom is 0.410 e. The minimum absolute atomic E-state index is 0.111. The second-order valence-electron chi connectivity index (χ2n) is 5.74. The van der Waals surface area contributed by atoms with Gasteiger partial charge in [0.05, 0.1) is 11.6 Å². The third-order valence-electron chi connectivity index (χ3n) is 4.16. The molecule has 1 aromatic rings. The van der Waals surface area contributed by atoms with E-state index in [-0.39, 0.29) is 17.7 Å². The van der Waals surface area contributed by atoms with E-state index in [2.05, 4.69) is 12.6 Å². The van der Waals surface area contributed by atoms with Crippen molar-refractivity contribution in [1.82, 2.24) is 4.90 Å². The number of amides is 1. The molecular weight excluding hydrogens is 252 g/mol. The van der Waals surface area contributed by atoms with Crippen molar-refractivity contribution in [2.24, 2.45) is 5.73 Å². The number of nitrogens with two attached hydrogens (primary N) is 1. The highest BCUT2D eigenvalue weighted by Crippen LogP contribution is 2.34. The van der Waals surface area contributed by atoms with Crippen LogP contribution in [0.15, 0.2) is 36.9 Å². The molecule has 1 heterocycles. The molecule has 1 amide bonds. The fraction of sp³-hybridized carbons (Fsp3) is 0.438. The van der Waals surface area contributed by atoms with Gasteiger partial charge in [-0.3, -0.25) is 4.90 Å². The molecule has 1 atom stereocenters.